The van der Waals surface area contributed by atoms with E-state index < -0.39 is 0 Å². The van der Waals surface area contributed by atoms with Crippen molar-refractivity contribution < 1.29 is 0 Å². The topological polar surface area (TPSA) is 26.0 Å². The molecular weight excluding hydrogens is 182 g/mol. The van der Waals surface area contributed by atoms with Gasteiger partial charge in [-0.25, -0.2) is 0 Å². The summed E-state index contributed by atoms with van der Waals surface area (Å²) < 4.78 is 0. The zero-order chi connectivity index (χ0) is 11.4. The molecule has 0 radical (unpaired) electrons. The number of benzene rings is 1. The van der Waals surface area contributed by atoms with Gasteiger partial charge in [-0.3, -0.25) is 0 Å². The molecule has 0 spiro atoms. The summed E-state index contributed by atoms with van der Waals surface area (Å²) in [7, 11) is 0. The standard InChI is InChI=1S/C14H21N/c1-10(2)14(9-15)8-13-6-5-11(3)12(4)7-13/h5-8,10H,9,15H2,1-4H3. The molecule has 2 N–H and O–H groups in total. The summed E-state index contributed by atoms with van der Waals surface area (Å²) in [6.45, 7) is 9.28. The summed E-state index contributed by atoms with van der Waals surface area (Å²) >= 11 is 0. The van der Waals surface area contributed by atoms with Crippen LogP contribution >= 0.6 is 0 Å². The van der Waals surface area contributed by atoms with Crippen molar-refractivity contribution in [3.05, 3.63) is 40.5 Å². The van der Waals surface area contributed by atoms with Crippen molar-refractivity contribution >= 4 is 6.08 Å². The Morgan fingerprint density at radius 2 is 1.93 bits per heavy atom. The monoisotopic (exact) mass is 203 g/mol. The molecule has 0 bridgehead atoms. The third-order valence-electron chi connectivity index (χ3n) is 2.86. The molecule has 0 aliphatic heterocycles. The molecule has 0 heterocycles. The van der Waals surface area contributed by atoms with E-state index in [1.165, 1.54) is 22.3 Å². The first-order chi connectivity index (χ1) is 7.04. The zero-order valence-electron chi connectivity index (χ0n) is 10.2. The van der Waals surface area contributed by atoms with E-state index in [0.717, 1.165) is 0 Å². The van der Waals surface area contributed by atoms with Gasteiger partial charge in [-0.2, -0.15) is 0 Å². The van der Waals surface area contributed by atoms with Crippen LogP contribution in [-0.4, -0.2) is 6.54 Å². The van der Waals surface area contributed by atoms with Crippen molar-refractivity contribution in [2.24, 2.45) is 11.7 Å². The Hall–Kier alpha value is -1.08. The zero-order valence-corrected chi connectivity index (χ0v) is 10.2. The minimum Gasteiger partial charge on any atom is -0.327 e. The average Bonchev–Trinajstić information content (AvgIpc) is 2.19. The SMILES string of the molecule is Cc1ccc(C=C(CN)C(C)C)cc1C. The van der Waals surface area contributed by atoms with Crippen molar-refractivity contribution in [2.45, 2.75) is 27.7 Å². The molecule has 0 aromatic heterocycles. The predicted molar refractivity (Wildman–Crippen MR) is 67.8 cm³/mol. The minimum atomic E-state index is 0.525. The lowest BCUT2D eigenvalue weighted by atomic mass is 9.99. The number of aryl methyl sites for hydroxylation is 2. The maximum Gasteiger partial charge on any atom is 0.0142 e. The van der Waals surface area contributed by atoms with Crippen molar-refractivity contribution in [1.82, 2.24) is 0 Å². The molecule has 0 atom stereocenters. The molecular formula is C14H21N. The summed E-state index contributed by atoms with van der Waals surface area (Å²) in [5.41, 5.74) is 11.0. The van der Waals surface area contributed by atoms with Gasteiger partial charge in [-0.1, -0.05) is 43.7 Å². The fourth-order valence-corrected chi connectivity index (χ4v) is 1.53. The molecule has 1 aromatic carbocycles. The van der Waals surface area contributed by atoms with E-state index in [4.69, 9.17) is 5.73 Å². The highest BCUT2D eigenvalue weighted by Crippen LogP contribution is 2.16. The molecule has 0 saturated heterocycles. The molecule has 1 rings (SSSR count). The van der Waals surface area contributed by atoms with Crippen LogP contribution in [0.25, 0.3) is 6.08 Å². The Balaban J connectivity index is 3.01. The third kappa shape index (κ3) is 3.21. The minimum absolute atomic E-state index is 0.525. The van der Waals surface area contributed by atoms with E-state index in [9.17, 15) is 0 Å². The summed E-state index contributed by atoms with van der Waals surface area (Å²) in [6.07, 6.45) is 2.21. The second kappa shape index (κ2) is 5.13. The summed E-state index contributed by atoms with van der Waals surface area (Å²) in [5.74, 6) is 0.525. The Morgan fingerprint density at radius 1 is 1.27 bits per heavy atom. The molecule has 1 nitrogen and oxygen atoms in total. The van der Waals surface area contributed by atoms with Gasteiger partial charge in [0.05, 0.1) is 0 Å². The Morgan fingerprint density at radius 3 is 2.40 bits per heavy atom. The van der Waals surface area contributed by atoms with Gasteiger partial charge in [0.2, 0.25) is 0 Å². The fourth-order valence-electron chi connectivity index (χ4n) is 1.53. The molecule has 0 amide bonds. The number of nitrogens with two attached hydrogens (primary N) is 1. The van der Waals surface area contributed by atoms with Crippen LogP contribution < -0.4 is 5.73 Å². The molecule has 0 fully saturated rings. The van der Waals surface area contributed by atoms with E-state index in [1.54, 1.807) is 0 Å². The second-order valence-corrected chi connectivity index (χ2v) is 4.42. The molecule has 1 aromatic rings. The van der Waals surface area contributed by atoms with Crippen LogP contribution in [0.5, 0.6) is 0 Å². The van der Waals surface area contributed by atoms with E-state index in [1.807, 2.05) is 0 Å². The van der Waals surface area contributed by atoms with Crippen LogP contribution in [0.4, 0.5) is 0 Å². The van der Waals surface area contributed by atoms with Crippen LogP contribution in [0.15, 0.2) is 23.8 Å². The maximum atomic E-state index is 5.72. The quantitative estimate of drug-likeness (QED) is 0.801. The van der Waals surface area contributed by atoms with Crippen LogP contribution in [0.2, 0.25) is 0 Å². The highest BCUT2D eigenvalue weighted by Gasteiger charge is 2.01. The van der Waals surface area contributed by atoms with Gasteiger partial charge < -0.3 is 5.73 Å². The van der Waals surface area contributed by atoms with Crippen molar-refractivity contribution in [2.75, 3.05) is 6.54 Å². The van der Waals surface area contributed by atoms with Gasteiger partial charge in [-0.05, 0) is 36.5 Å². The largest absolute Gasteiger partial charge is 0.327 e. The molecule has 1 heteroatoms. The van der Waals surface area contributed by atoms with Crippen LogP contribution in [0.3, 0.4) is 0 Å². The van der Waals surface area contributed by atoms with Crippen molar-refractivity contribution in [3.63, 3.8) is 0 Å². The first-order valence-corrected chi connectivity index (χ1v) is 5.52. The van der Waals surface area contributed by atoms with Crippen molar-refractivity contribution in [1.29, 1.82) is 0 Å². The number of rotatable bonds is 3. The molecule has 15 heavy (non-hydrogen) atoms. The van der Waals surface area contributed by atoms with E-state index in [2.05, 4.69) is 52.0 Å². The fraction of sp³-hybridized carbons (Fsp3) is 0.429. The first-order valence-electron chi connectivity index (χ1n) is 5.52. The van der Waals surface area contributed by atoms with Gasteiger partial charge in [-0.15, -0.1) is 0 Å². The van der Waals surface area contributed by atoms with Crippen LogP contribution in [-0.2, 0) is 0 Å². The molecule has 82 valence electrons. The third-order valence-corrected chi connectivity index (χ3v) is 2.86. The molecule has 0 unspecified atom stereocenters. The lowest BCUT2D eigenvalue weighted by Gasteiger charge is -2.09. The first kappa shape index (κ1) is 12.0. The Labute approximate surface area is 93.0 Å². The van der Waals surface area contributed by atoms with Gasteiger partial charge in [0.1, 0.15) is 0 Å². The second-order valence-electron chi connectivity index (χ2n) is 4.42. The highest BCUT2D eigenvalue weighted by atomic mass is 14.5. The summed E-state index contributed by atoms with van der Waals surface area (Å²) in [4.78, 5) is 0. The van der Waals surface area contributed by atoms with Gasteiger partial charge in [0.25, 0.3) is 0 Å². The molecule has 0 saturated carbocycles. The van der Waals surface area contributed by atoms with Gasteiger partial charge in [0.15, 0.2) is 0 Å². The highest BCUT2D eigenvalue weighted by molar-refractivity contribution is 5.55. The van der Waals surface area contributed by atoms with E-state index in [-0.39, 0.29) is 0 Å². The van der Waals surface area contributed by atoms with Gasteiger partial charge in [0, 0.05) is 6.54 Å². The van der Waals surface area contributed by atoms with Crippen molar-refractivity contribution in [3.8, 4) is 0 Å². The van der Waals surface area contributed by atoms with Crippen LogP contribution in [0, 0.1) is 19.8 Å². The summed E-state index contributed by atoms with van der Waals surface area (Å²) in [5, 5.41) is 0. The Bertz CT molecular complexity index is 362. The van der Waals surface area contributed by atoms with Gasteiger partial charge >= 0.3 is 0 Å². The normalized spacial score (nSPS) is 12.3. The van der Waals surface area contributed by atoms with Crippen LogP contribution in [0.1, 0.15) is 30.5 Å². The maximum absolute atomic E-state index is 5.72. The molecule has 0 aliphatic rings. The molecule has 0 aliphatic carbocycles. The number of hydrogen-bond donors (Lipinski definition) is 1. The Kier molecular flexibility index (Phi) is 4.10. The smallest absolute Gasteiger partial charge is 0.0142 e. The predicted octanol–water partition coefficient (Wildman–Crippen LogP) is 3.30. The summed E-state index contributed by atoms with van der Waals surface area (Å²) in [6, 6.07) is 6.53. The lowest BCUT2D eigenvalue weighted by molar-refractivity contribution is 0.752. The lowest BCUT2D eigenvalue weighted by Crippen LogP contribution is -2.08. The average molecular weight is 203 g/mol. The number of hydrogen-bond acceptors (Lipinski definition) is 1. The van der Waals surface area contributed by atoms with E-state index in [0.29, 0.717) is 12.5 Å². The van der Waals surface area contributed by atoms with E-state index >= 15 is 0 Å².